The van der Waals surface area contributed by atoms with E-state index in [1.807, 2.05) is 5.57 Å². The summed E-state index contributed by atoms with van der Waals surface area (Å²) in [6, 6.07) is 0. The van der Waals surface area contributed by atoms with Crippen LogP contribution in [0.3, 0.4) is 0 Å². The highest BCUT2D eigenvalue weighted by Gasteiger charge is 2.38. The molecule has 2 unspecified atom stereocenters. The van der Waals surface area contributed by atoms with E-state index in [0.717, 1.165) is 23.0 Å². The maximum absolute atomic E-state index is 2.38. The molecule has 2 atom stereocenters. The van der Waals surface area contributed by atoms with E-state index >= 15 is 0 Å². The maximum atomic E-state index is 2.38. The lowest BCUT2D eigenvalue weighted by Gasteiger charge is -2.28. The fourth-order valence-electron chi connectivity index (χ4n) is 3.19. The first-order valence-corrected chi connectivity index (χ1v) is 7.39. The molecule has 0 bridgehead atoms. The molecule has 1 heteroatoms. The molecule has 0 saturated heterocycles. The van der Waals surface area contributed by atoms with Crippen molar-refractivity contribution >= 4 is 11.8 Å². The zero-order valence-electron chi connectivity index (χ0n) is 10.5. The normalized spacial score (nSPS) is 31.6. The van der Waals surface area contributed by atoms with E-state index in [4.69, 9.17) is 0 Å². The quantitative estimate of drug-likeness (QED) is 0.645. The highest BCUT2D eigenvalue weighted by Crippen LogP contribution is 2.53. The fourth-order valence-corrected chi connectivity index (χ4v) is 5.04. The minimum atomic E-state index is 0.748. The average molecular weight is 224 g/mol. The summed E-state index contributed by atoms with van der Waals surface area (Å²) in [5.41, 5.74) is 1.82. The van der Waals surface area contributed by atoms with E-state index in [0.29, 0.717) is 0 Å². The number of allylic oxidation sites excluding steroid dienone is 2. The van der Waals surface area contributed by atoms with E-state index in [2.05, 4.69) is 39.5 Å². The molecule has 0 N–H and O–H groups in total. The van der Waals surface area contributed by atoms with Crippen molar-refractivity contribution < 1.29 is 0 Å². The van der Waals surface area contributed by atoms with Crippen molar-refractivity contribution in [1.82, 2.24) is 0 Å². The van der Waals surface area contributed by atoms with Crippen LogP contribution in [0.2, 0.25) is 0 Å². The van der Waals surface area contributed by atoms with Crippen molar-refractivity contribution in [2.75, 3.05) is 0 Å². The summed E-state index contributed by atoms with van der Waals surface area (Å²) in [6.45, 7) is 9.49. The van der Waals surface area contributed by atoms with Crippen molar-refractivity contribution in [1.29, 1.82) is 0 Å². The Morgan fingerprint density at radius 1 is 1.00 bits per heavy atom. The molecule has 1 aliphatic heterocycles. The Kier molecular flexibility index (Phi) is 3.49. The Bertz CT molecular complexity index is 263. The lowest BCUT2D eigenvalue weighted by atomic mass is 9.78. The molecule has 2 aliphatic rings. The van der Waals surface area contributed by atoms with E-state index in [9.17, 15) is 0 Å². The highest BCUT2D eigenvalue weighted by molar-refractivity contribution is 8.04. The number of hydrogen-bond donors (Lipinski definition) is 0. The molecule has 1 aliphatic carbocycles. The Balaban J connectivity index is 2.26. The van der Waals surface area contributed by atoms with Gasteiger partial charge in [-0.1, -0.05) is 46.1 Å². The molecule has 0 nitrogen and oxygen atoms in total. The predicted molar refractivity (Wildman–Crippen MR) is 70.0 cm³/mol. The smallest absolute Gasteiger partial charge is 0.0157 e. The van der Waals surface area contributed by atoms with Gasteiger partial charge in [-0.2, -0.15) is 0 Å². The Morgan fingerprint density at radius 2 is 1.67 bits per heavy atom. The Hall–Kier alpha value is 0.0900. The molecule has 0 spiro atoms. The summed E-state index contributed by atoms with van der Waals surface area (Å²) in [7, 11) is 0. The third kappa shape index (κ3) is 2.13. The minimum Gasteiger partial charge on any atom is -0.126 e. The van der Waals surface area contributed by atoms with E-state index in [1.165, 1.54) is 25.7 Å². The lowest BCUT2D eigenvalue weighted by Crippen LogP contribution is -2.21. The van der Waals surface area contributed by atoms with Crippen molar-refractivity contribution in [3.63, 3.8) is 0 Å². The molecule has 1 fully saturated rings. The molecule has 1 saturated carbocycles. The van der Waals surface area contributed by atoms with E-state index in [-0.39, 0.29) is 0 Å². The van der Waals surface area contributed by atoms with Crippen LogP contribution in [0.15, 0.2) is 10.5 Å². The van der Waals surface area contributed by atoms with Gasteiger partial charge in [0, 0.05) is 5.25 Å². The van der Waals surface area contributed by atoms with Crippen LogP contribution in [0.1, 0.15) is 53.4 Å². The summed E-state index contributed by atoms with van der Waals surface area (Å²) < 4.78 is 0. The standard InChI is InChI=1S/C14H24S/c1-9(2)13-11-7-5-6-8-12(11)15-14(13)10(3)4/h9-12H,5-8H2,1-4H3. The molecule has 86 valence electrons. The van der Waals surface area contributed by atoms with Crippen molar-refractivity contribution in [3.8, 4) is 0 Å². The van der Waals surface area contributed by atoms with Gasteiger partial charge in [-0.15, -0.1) is 11.8 Å². The third-order valence-electron chi connectivity index (χ3n) is 3.81. The van der Waals surface area contributed by atoms with Crippen LogP contribution in [-0.4, -0.2) is 5.25 Å². The van der Waals surface area contributed by atoms with Crippen molar-refractivity contribution in [2.45, 2.75) is 58.6 Å². The third-order valence-corrected chi connectivity index (χ3v) is 5.64. The molecule has 0 aromatic rings. The van der Waals surface area contributed by atoms with Gasteiger partial charge in [-0.25, -0.2) is 0 Å². The summed E-state index contributed by atoms with van der Waals surface area (Å²) in [6.07, 6.45) is 5.84. The van der Waals surface area contributed by atoms with Crippen LogP contribution < -0.4 is 0 Å². The Morgan fingerprint density at radius 3 is 2.27 bits per heavy atom. The van der Waals surface area contributed by atoms with Crippen LogP contribution in [0.5, 0.6) is 0 Å². The van der Waals surface area contributed by atoms with E-state index in [1.54, 1.807) is 4.91 Å². The minimum absolute atomic E-state index is 0.748. The van der Waals surface area contributed by atoms with Gasteiger partial charge in [0.15, 0.2) is 0 Å². The van der Waals surface area contributed by atoms with Gasteiger partial charge >= 0.3 is 0 Å². The van der Waals surface area contributed by atoms with Gasteiger partial charge in [-0.05, 0) is 35.5 Å². The first-order valence-electron chi connectivity index (χ1n) is 6.52. The molecule has 1 heterocycles. The summed E-state index contributed by atoms with van der Waals surface area (Å²) >= 11 is 2.22. The summed E-state index contributed by atoms with van der Waals surface area (Å²) in [5, 5.41) is 0.938. The molecule has 15 heavy (non-hydrogen) atoms. The van der Waals surface area contributed by atoms with Crippen molar-refractivity contribution in [2.24, 2.45) is 17.8 Å². The number of hydrogen-bond acceptors (Lipinski definition) is 1. The first-order chi connectivity index (χ1) is 7.11. The van der Waals surface area contributed by atoms with Crippen LogP contribution in [0.4, 0.5) is 0 Å². The van der Waals surface area contributed by atoms with Crippen LogP contribution in [0, 0.1) is 17.8 Å². The zero-order valence-corrected chi connectivity index (χ0v) is 11.4. The summed E-state index contributed by atoms with van der Waals surface area (Å²) in [4.78, 5) is 1.74. The van der Waals surface area contributed by atoms with Crippen LogP contribution in [0.25, 0.3) is 0 Å². The molecule has 0 radical (unpaired) electrons. The van der Waals surface area contributed by atoms with Crippen molar-refractivity contribution in [3.05, 3.63) is 10.5 Å². The number of rotatable bonds is 2. The Labute approximate surface area is 98.9 Å². The average Bonchev–Trinajstić information content (AvgIpc) is 2.56. The molecule has 0 amide bonds. The fraction of sp³-hybridized carbons (Fsp3) is 0.857. The summed E-state index contributed by atoms with van der Waals surface area (Å²) in [5.74, 6) is 2.45. The van der Waals surface area contributed by atoms with Crippen LogP contribution in [-0.2, 0) is 0 Å². The molecule has 0 aromatic heterocycles. The predicted octanol–water partition coefficient (Wildman–Crippen LogP) is 4.86. The topological polar surface area (TPSA) is 0 Å². The van der Waals surface area contributed by atoms with Gasteiger partial charge in [0.25, 0.3) is 0 Å². The first kappa shape index (κ1) is 11.6. The van der Waals surface area contributed by atoms with Gasteiger partial charge < -0.3 is 0 Å². The molecular formula is C14H24S. The number of fused-ring (bicyclic) bond motifs is 1. The molecule has 0 aromatic carbocycles. The van der Waals surface area contributed by atoms with Gasteiger partial charge in [0.05, 0.1) is 0 Å². The SMILES string of the molecule is CC(C)C1=C(C(C)C)C2CCCCC2S1. The highest BCUT2D eigenvalue weighted by atomic mass is 32.2. The van der Waals surface area contributed by atoms with Crippen LogP contribution >= 0.6 is 11.8 Å². The monoisotopic (exact) mass is 224 g/mol. The maximum Gasteiger partial charge on any atom is 0.0157 e. The van der Waals surface area contributed by atoms with Gasteiger partial charge in [-0.3, -0.25) is 0 Å². The second kappa shape index (κ2) is 4.53. The second-order valence-electron chi connectivity index (χ2n) is 5.68. The second-order valence-corrected chi connectivity index (χ2v) is 6.96. The van der Waals surface area contributed by atoms with E-state index < -0.39 is 0 Å². The zero-order chi connectivity index (χ0) is 11.0. The molecular weight excluding hydrogens is 200 g/mol. The lowest BCUT2D eigenvalue weighted by molar-refractivity contribution is 0.398. The van der Waals surface area contributed by atoms with Gasteiger partial charge in [0.2, 0.25) is 0 Å². The molecule has 2 rings (SSSR count). The largest absolute Gasteiger partial charge is 0.126 e. The van der Waals surface area contributed by atoms with Gasteiger partial charge in [0.1, 0.15) is 0 Å². The number of thioether (sulfide) groups is 1.